The van der Waals surface area contributed by atoms with E-state index in [1.54, 1.807) is 0 Å². The second-order valence-corrected chi connectivity index (χ2v) is 4.73. The predicted octanol–water partition coefficient (Wildman–Crippen LogP) is -0.882. The van der Waals surface area contributed by atoms with Crippen LogP contribution in [0.4, 0.5) is 0 Å². The summed E-state index contributed by atoms with van der Waals surface area (Å²) in [5, 5.41) is 16.1. The van der Waals surface area contributed by atoms with Gasteiger partial charge in [0.1, 0.15) is 6.04 Å². The van der Waals surface area contributed by atoms with Crippen LogP contribution in [-0.2, 0) is 14.8 Å². The molecule has 84 valence electrons. The summed E-state index contributed by atoms with van der Waals surface area (Å²) >= 11 is 0. The van der Waals surface area contributed by atoms with Gasteiger partial charge in [-0.2, -0.15) is 0 Å². The van der Waals surface area contributed by atoms with Gasteiger partial charge in [0, 0.05) is 6.54 Å². The molecule has 0 saturated carbocycles. The van der Waals surface area contributed by atoms with Gasteiger partial charge in [-0.1, -0.05) is 13.3 Å². The van der Waals surface area contributed by atoms with Gasteiger partial charge < -0.3 is 10.4 Å². The van der Waals surface area contributed by atoms with Crippen LogP contribution in [0.15, 0.2) is 0 Å². The van der Waals surface area contributed by atoms with Crippen molar-refractivity contribution in [2.45, 2.75) is 25.8 Å². The van der Waals surface area contributed by atoms with E-state index < -0.39 is 22.0 Å². The number of hydrogen-bond acceptors (Lipinski definition) is 4. The highest BCUT2D eigenvalue weighted by molar-refractivity contribution is 7.89. The summed E-state index contributed by atoms with van der Waals surface area (Å²) in [5.41, 5.74) is 0. The second-order valence-electron chi connectivity index (χ2n) is 3.00. The van der Waals surface area contributed by atoms with Crippen LogP contribution in [0.5, 0.6) is 0 Å². The molecule has 0 fully saturated rings. The fourth-order valence-corrected chi connectivity index (χ4v) is 1.38. The molecule has 0 aromatic carbocycles. The molecule has 0 saturated heterocycles. The third-order valence-electron chi connectivity index (χ3n) is 1.65. The fraction of sp³-hybridized carbons (Fsp3) is 0.857. The summed E-state index contributed by atoms with van der Waals surface area (Å²) in [7, 11) is -3.52. The van der Waals surface area contributed by atoms with Crippen LogP contribution in [0, 0.1) is 0 Å². The highest BCUT2D eigenvalue weighted by Crippen LogP contribution is 1.96. The van der Waals surface area contributed by atoms with Crippen molar-refractivity contribution in [1.82, 2.24) is 5.32 Å². The molecule has 0 heterocycles. The number of carbonyl (C=O) groups is 1. The van der Waals surface area contributed by atoms with E-state index in [-0.39, 0.29) is 12.3 Å². The first-order chi connectivity index (χ1) is 6.37. The highest BCUT2D eigenvalue weighted by atomic mass is 32.2. The number of sulfonamides is 1. The molecule has 7 heteroatoms. The number of carboxylic acid groups (broad SMARTS) is 1. The Morgan fingerprint density at radius 3 is 2.50 bits per heavy atom. The van der Waals surface area contributed by atoms with E-state index >= 15 is 0 Å². The van der Waals surface area contributed by atoms with E-state index in [1.165, 1.54) is 0 Å². The lowest BCUT2D eigenvalue weighted by Gasteiger charge is -2.12. The number of hydrogen-bond donors (Lipinski definition) is 3. The molecule has 4 N–H and O–H groups in total. The van der Waals surface area contributed by atoms with Crippen LogP contribution >= 0.6 is 0 Å². The number of primary sulfonamides is 1. The van der Waals surface area contributed by atoms with Crippen LogP contribution in [0.3, 0.4) is 0 Å². The standard InChI is InChI=1S/C7H16N2O4S/c1-2-3-6(7(10)11)9-4-5-14(8,12)13/h6,9H,2-5H2,1H3,(H,10,11)(H2,8,12,13). The van der Waals surface area contributed by atoms with Gasteiger partial charge in [0.2, 0.25) is 10.0 Å². The van der Waals surface area contributed by atoms with Crippen LogP contribution < -0.4 is 10.5 Å². The van der Waals surface area contributed by atoms with E-state index in [9.17, 15) is 13.2 Å². The number of aliphatic carboxylic acids is 1. The summed E-state index contributed by atoms with van der Waals surface area (Å²) in [6.07, 6.45) is 1.19. The van der Waals surface area contributed by atoms with Gasteiger partial charge in [-0.15, -0.1) is 0 Å². The molecule has 0 aliphatic rings. The summed E-state index contributed by atoms with van der Waals surface area (Å²) in [6.45, 7) is 1.92. The molecule has 1 unspecified atom stereocenters. The molecule has 6 nitrogen and oxygen atoms in total. The minimum absolute atomic E-state index is 0.0653. The Balaban J connectivity index is 3.89. The second kappa shape index (κ2) is 5.94. The number of nitrogens with two attached hydrogens (primary N) is 1. The Morgan fingerprint density at radius 2 is 2.14 bits per heavy atom. The molecular formula is C7H16N2O4S. The van der Waals surface area contributed by atoms with E-state index in [1.807, 2.05) is 6.92 Å². The van der Waals surface area contributed by atoms with Gasteiger partial charge in [0.05, 0.1) is 5.75 Å². The first-order valence-electron chi connectivity index (χ1n) is 4.33. The molecule has 0 amide bonds. The van der Waals surface area contributed by atoms with Crippen molar-refractivity contribution in [1.29, 1.82) is 0 Å². The van der Waals surface area contributed by atoms with Gasteiger partial charge in [0.25, 0.3) is 0 Å². The van der Waals surface area contributed by atoms with E-state index in [2.05, 4.69) is 5.32 Å². The molecule has 0 rings (SSSR count). The quantitative estimate of drug-likeness (QED) is 0.520. The van der Waals surface area contributed by atoms with Gasteiger partial charge in [-0.3, -0.25) is 4.79 Å². The van der Waals surface area contributed by atoms with Crippen molar-refractivity contribution in [3.63, 3.8) is 0 Å². The summed E-state index contributed by atoms with van der Waals surface area (Å²) in [5.74, 6) is -1.22. The Bertz CT molecular complexity index is 275. The molecular weight excluding hydrogens is 208 g/mol. The van der Waals surface area contributed by atoms with Crippen molar-refractivity contribution in [2.75, 3.05) is 12.3 Å². The molecule has 0 aromatic heterocycles. The van der Waals surface area contributed by atoms with Gasteiger partial charge >= 0.3 is 5.97 Å². The first-order valence-corrected chi connectivity index (χ1v) is 6.05. The van der Waals surface area contributed by atoms with E-state index in [0.717, 1.165) is 6.42 Å². The molecule has 0 aromatic rings. The van der Waals surface area contributed by atoms with E-state index in [4.69, 9.17) is 10.2 Å². The summed E-state index contributed by atoms with van der Waals surface area (Å²) in [4.78, 5) is 10.6. The molecule has 0 aliphatic carbocycles. The normalized spacial score (nSPS) is 13.9. The summed E-state index contributed by atoms with van der Waals surface area (Å²) < 4.78 is 21.1. The van der Waals surface area contributed by atoms with E-state index in [0.29, 0.717) is 6.42 Å². The van der Waals surface area contributed by atoms with Crippen molar-refractivity contribution in [3.8, 4) is 0 Å². The molecule has 0 bridgehead atoms. The zero-order valence-electron chi connectivity index (χ0n) is 8.06. The van der Waals surface area contributed by atoms with Crippen molar-refractivity contribution in [2.24, 2.45) is 5.14 Å². The molecule has 0 spiro atoms. The van der Waals surface area contributed by atoms with Crippen LogP contribution in [-0.4, -0.2) is 37.8 Å². The zero-order valence-corrected chi connectivity index (χ0v) is 8.88. The van der Waals surface area contributed by atoms with Crippen molar-refractivity contribution in [3.05, 3.63) is 0 Å². The van der Waals surface area contributed by atoms with Crippen molar-refractivity contribution >= 4 is 16.0 Å². The SMILES string of the molecule is CCCC(NCCS(N)(=O)=O)C(=O)O. The lowest BCUT2D eigenvalue weighted by molar-refractivity contribution is -0.139. The topological polar surface area (TPSA) is 109 Å². The van der Waals surface area contributed by atoms with Gasteiger partial charge in [0.15, 0.2) is 0 Å². The molecule has 0 aliphatic heterocycles. The predicted molar refractivity (Wildman–Crippen MR) is 52.3 cm³/mol. The highest BCUT2D eigenvalue weighted by Gasteiger charge is 2.15. The van der Waals surface area contributed by atoms with Gasteiger partial charge in [-0.25, -0.2) is 13.6 Å². The Hall–Kier alpha value is -0.660. The third kappa shape index (κ3) is 6.81. The van der Waals surface area contributed by atoms with Gasteiger partial charge in [-0.05, 0) is 6.42 Å². The largest absolute Gasteiger partial charge is 0.480 e. The smallest absolute Gasteiger partial charge is 0.320 e. The lowest BCUT2D eigenvalue weighted by Crippen LogP contribution is -2.39. The van der Waals surface area contributed by atoms with Crippen LogP contribution in [0.25, 0.3) is 0 Å². The average molecular weight is 224 g/mol. The van der Waals surface area contributed by atoms with Crippen LogP contribution in [0.2, 0.25) is 0 Å². The molecule has 14 heavy (non-hydrogen) atoms. The Labute approximate surface area is 83.5 Å². The maximum Gasteiger partial charge on any atom is 0.320 e. The lowest BCUT2D eigenvalue weighted by atomic mass is 10.2. The minimum Gasteiger partial charge on any atom is -0.480 e. The minimum atomic E-state index is -3.52. The Morgan fingerprint density at radius 1 is 1.57 bits per heavy atom. The Kier molecular flexibility index (Phi) is 5.66. The number of nitrogens with one attached hydrogen (secondary N) is 1. The maximum absolute atomic E-state index is 10.6. The fourth-order valence-electron chi connectivity index (χ4n) is 0.977. The zero-order chi connectivity index (χ0) is 11.2. The number of rotatable bonds is 7. The third-order valence-corrected chi connectivity index (χ3v) is 2.43. The monoisotopic (exact) mass is 224 g/mol. The maximum atomic E-state index is 10.6. The van der Waals surface area contributed by atoms with Crippen LogP contribution in [0.1, 0.15) is 19.8 Å². The average Bonchev–Trinajstić information content (AvgIpc) is 2.00. The van der Waals surface area contributed by atoms with Crippen molar-refractivity contribution < 1.29 is 18.3 Å². The molecule has 1 atom stereocenters. The molecule has 0 radical (unpaired) electrons. The summed E-state index contributed by atoms with van der Waals surface area (Å²) in [6, 6.07) is -0.693. The first kappa shape index (κ1) is 13.3. The number of carboxylic acids is 1.